The number of hydrogen-bond acceptors (Lipinski definition) is 8. The summed E-state index contributed by atoms with van der Waals surface area (Å²) >= 11 is 2.96. The lowest BCUT2D eigenvalue weighted by molar-refractivity contribution is -0.212. The molecule has 9 nitrogen and oxygen atoms in total. The quantitative estimate of drug-likeness (QED) is 0.402. The highest BCUT2D eigenvalue weighted by Gasteiger charge is 2.47. The minimum Gasteiger partial charge on any atom is -0.394 e. The number of aliphatic hydroxyl groups excluding tert-OH is 2. The second-order valence-corrected chi connectivity index (χ2v) is 10.5. The first-order valence-electron chi connectivity index (χ1n) is 12.4. The molecule has 2 N–H and O–H groups in total. The largest absolute Gasteiger partial charge is 0.394 e. The van der Waals surface area contributed by atoms with Gasteiger partial charge in [-0.15, -0.1) is 5.10 Å². The van der Waals surface area contributed by atoms with Crippen LogP contribution in [0.2, 0.25) is 0 Å². The van der Waals surface area contributed by atoms with Crippen LogP contribution in [0.15, 0.2) is 33.4 Å². The number of ether oxygens (including phenoxy) is 2. The van der Waals surface area contributed by atoms with Gasteiger partial charge in [-0.3, -0.25) is 0 Å². The van der Waals surface area contributed by atoms with Crippen molar-refractivity contribution in [2.75, 3.05) is 13.7 Å². The molecule has 2 aromatic heterocycles. The molecule has 37 heavy (non-hydrogen) atoms. The summed E-state index contributed by atoms with van der Waals surface area (Å²) in [4.78, 5) is 0. The molecule has 200 valence electrons. The predicted molar refractivity (Wildman–Crippen MR) is 131 cm³/mol. The van der Waals surface area contributed by atoms with Gasteiger partial charge in [0.05, 0.1) is 29.1 Å². The van der Waals surface area contributed by atoms with Crippen molar-refractivity contribution in [2.45, 2.75) is 74.9 Å². The third-order valence-electron chi connectivity index (χ3n) is 7.36. The lowest BCUT2D eigenvalue weighted by Gasteiger charge is -2.43. The van der Waals surface area contributed by atoms with Gasteiger partial charge in [0, 0.05) is 31.1 Å². The van der Waals surface area contributed by atoms with Gasteiger partial charge in [0.2, 0.25) is 0 Å². The molecule has 1 aromatic carbocycles. The first-order chi connectivity index (χ1) is 17.9. The first-order valence-corrected chi connectivity index (χ1v) is 13.2. The molecule has 5 rings (SSSR count). The Kier molecular flexibility index (Phi) is 8.01. The van der Waals surface area contributed by atoms with Gasteiger partial charge >= 0.3 is 0 Å². The lowest BCUT2D eigenvalue weighted by atomic mass is 9.87. The highest BCUT2D eigenvalue weighted by molar-refractivity contribution is 9.10. The molecule has 5 atom stereocenters. The maximum atomic E-state index is 14.6. The van der Waals surface area contributed by atoms with Crippen molar-refractivity contribution in [3.63, 3.8) is 0 Å². The van der Waals surface area contributed by atoms with E-state index in [1.54, 1.807) is 0 Å². The standard InChI is InChI=1S/C25H29BrF2N4O5/c1-35-25-19(10-14-9-18(37-30-14)13-5-3-2-4-6-13)36-20(12-33)24(34)23(25)32-11-17(29-31-32)15-7-8-16(26)22(28)21(15)27/h7-9,11,13,19-20,23-25,33-34H,2-6,10,12H2,1H3/t19-,20-,23+,24+,25+/m1/s1. The van der Waals surface area contributed by atoms with Crippen LogP contribution < -0.4 is 0 Å². The zero-order valence-corrected chi connectivity index (χ0v) is 21.9. The third-order valence-corrected chi connectivity index (χ3v) is 7.97. The van der Waals surface area contributed by atoms with Crippen LogP contribution >= 0.6 is 15.9 Å². The van der Waals surface area contributed by atoms with Crippen LogP contribution in [0, 0.1) is 11.6 Å². The maximum absolute atomic E-state index is 14.6. The molecule has 3 aromatic rings. The molecular weight excluding hydrogens is 554 g/mol. The summed E-state index contributed by atoms with van der Waals surface area (Å²) in [6, 6.07) is 3.89. The maximum Gasteiger partial charge on any atom is 0.173 e. The Morgan fingerprint density at radius 3 is 2.68 bits per heavy atom. The Balaban J connectivity index is 1.41. The van der Waals surface area contributed by atoms with Gasteiger partial charge in [0.25, 0.3) is 0 Å². The monoisotopic (exact) mass is 582 g/mol. The van der Waals surface area contributed by atoms with Crippen LogP contribution in [0.1, 0.15) is 55.5 Å². The van der Waals surface area contributed by atoms with Gasteiger partial charge in [-0.2, -0.15) is 0 Å². The summed E-state index contributed by atoms with van der Waals surface area (Å²) in [6.45, 7) is -0.440. The number of benzene rings is 1. The van der Waals surface area contributed by atoms with E-state index >= 15 is 0 Å². The van der Waals surface area contributed by atoms with E-state index in [0.717, 1.165) is 18.6 Å². The average molecular weight is 583 g/mol. The summed E-state index contributed by atoms with van der Waals surface area (Å²) in [6.07, 6.45) is 4.02. The zero-order chi connectivity index (χ0) is 26.1. The molecule has 2 fully saturated rings. The molecule has 12 heteroatoms. The Hall–Kier alpha value is -2.25. The molecule has 1 saturated heterocycles. The molecule has 0 unspecified atom stereocenters. The van der Waals surface area contributed by atoms with E-state index in [1.807, 2.05) is 6.07 Å². The molecule has 0 radical (unpaired) electrons. The van der Waals surface area contributed by atoms with Crippen molar-refractivity contribution in [2.24, 2.45) is 0 Å². The number of rotatable bonds is 7. The minimum atomic E-state index is -1.21. The van der Waals surface area contributed by atoms with Crippen molar-refractivity contribution in [3.05, 3.63) is 52.0 Å². The van der Waals surface area contributed by atoms with E-state index in [0.29, 0.717) is 18.0 Å². The summed E-state index contributed by atoms with van der Waals surface area (Å²) in [5.74, 6) is -0.881. The number of aromatic nitrogens is 4. The molecule has 1 saturated carbocycles. The molecule has 1 aliphatic carbocycles. The minimum absolute atomic E-state index is 0.00595. The van der Waals surface area contributed by atoms with Crippen LogP contribution in [-0.2, 0) is 15.9 Å². The molecular formula is C25H29BrF2N4O5. The number of aliphatic hydroxyl groups is 2. The molecule has 0 spiro atoms. The fourth-order valence-corrected chi connectivity index (χ4v) is 5.72. The predicted octanol–water partition coefficient (Wildman–Crippen LogP) is 3.94. The highest BCUT2D eigenvalue weighted by Crippen LogP contribution is 2.36. The molecule has 0 bridgehead atoms. The van der Waals surface area contributed by atoms with Gasteiger partial charge in [0.15, 0.2) is 11.6 Å². The van der Waals surface area contributed by atoms with E-state index < -0.39 is 48.7 Å². The summed E-state index contributed by atoms with van der Waals surface area (Å²) in [7, 11) is 1.48. The number of methoxy groups -OCH3 is 1. The van der Waals surface area contributed by atoms with Crippen LogP contribution in [0.3, 0.4) is 0 Å². The molecule has 1 aliphatic heterocycles. The molecule has 3 heterocycles. The van der Waals surface area contributed by atoms with E-state index in [4.69, 9.17) is 14.0 Å². The smallest absolute Gasteiger partial charge is 0.173 e. The van der Waals surface area contributed by atoms with Crippen LogP contribution in [0.25, 0.3) is 11.3 Å². The van der Waals surface area contributed by atoms with Crippen LogP contribution in [-0.4, -0.2) is 68.5 Å². The number of halogens is 3. The SMILES string of the molecule is CO[C@@H]1[C@@H](n2cc(-c3ccc(Br)c(F)c3F)nn2)[C@@H](O)[C@@H](CO)O[C@@H]1Cc1cc(C2CCCCC2)on1. The topological polar surface area (TPSA) is 116 Å². The van der Waals surface area contributed by atoms with Crippen molar-refractivity contribution in [1.82, 2.24) is 20.2 Å². The van der Waals surface area contributed by atoms with E-state index in [1.165, 1.54) is 49.4 Å². The second-order valence-electron chi connectivity index (χ2n) is 9.64. The summed E-state index contributed by atoms with van der Waals surface area (Å²) in [5.41, 5.74) is 0.699. The fraction of sp³-hybridized carbons (Fsp3) is 0.560. The normalized spacial score (nSPS) is 27.0. The second kappa shape index (κ2) is 11.2. The molecule has 2 aliphatic rings. The summed E-state index contributed by atoms with van der Waals surface area (Å²) < 4.78 is 47.4. The first kappa shape index (κ1) is 26.4. The van der Waals surface area contributed by atoms with Crippen molar-refractivity contribution in [3.8, 4) is 11.3 Å². The Morgan fingerprint density at radius 1 is 1.16 bits per heavy atom. The van der Waals surface area contributed by atoms with E-state index in [-0.39, 0.29) is 15.7 Å². The summed E-state index contributed by atoms with van der Waals surface area (Å²) in [5, 5.41) is 33.3. The van der Waals surface area contributed by atoms with Gasteiger partial charge in [0.1, 0.15) is 35.8 Å². The van der Waals surface area contributed by atoms with Crippen LogP contribution in [0.4, 0.5) is 8.78 Å². The average Bonchev–Trinajstić information content (AvgIpc) is 3.58. The number of nitrogens with zero attached hydrogens (tertiary/aromatic N) is 4. The Morgan fingerprint density at radius 2 is 1.95 bits per heavy atom. The Labute approximate surface area is 220 Å². The molecule has 0 amide bonds. The lowest BCUT2D eigenvalue weighted by Crippen LogP contribution is -2.57. The zero-order valence-electron chi connectivity index (χ0n) is 20.3. The van der Waals surface area contributed by atoms with Gasteiger partial charge in [-0.1, -0.05) is 29.6 Å². The van der Waals surface area contributed by atoms with E-state index in [2.05, 4.69) is 31.4 Å². The third kappa shape index (κ3) is 5.22. The van der Waals surface area contributed by atoms with E-state index in [9.17, 15) is 19.0 Å². The highest BCUT2D eigenvalue weighted by atomic mass is 79.9. The number of hydrogen-bond donors (Lipinski definition) is 2. The van der Waals surface area contributed by atoms with Crippen molar-refractivity contribution >= 4 is 15.9 Å². The Bertz CT molecular complexity index is 1220. The van der Waals surface area contributed by atoms with Crippen LogP contribution in [0.5, 0.6) is 0 Å². The van der Waals surface area contributed by atoms with Gasteiger partial charge in [-0.05, 0) is 40.9 Å². The fourth-order valence-electron chi connectivity index (χ4n) is 5.41. The van der Waals surface area contributed by atoms with Crippen molar-refractivity contribution in [1.29, 1.82) is 0 Å². The van der Waals surface area contributed by atoms with Gasteiger partial charge < -0.3 is 24.2 Å². The van der Waals surface area contributed by atoms with Gasteiger partial charge in [-0.25, -0.2) is 13.5 Å². The van der Waals surface area contributed by atoms with Crippen molar-refractivity contribution < 1.29 is 33.0 Å².